The lowest BCUT2D eigenvalue weighted by Gasteiger charge is -2.13. The van der Waals surface area contributed by atoms with Gasteiger partial charge in [0.1, 0.15) is 5.82 Å². The van der Waals surface area contributed by atoms with Gasteiger partial charge in [-0.25, -0.2) is 4.98 Å². The number of nitrogens with zero attached hydrogens (tertiary/aromatic N) is 3. The van der Waals surface area contributed by atoms with Gasteiger partial charge in [-0.2, -0.15) is 0 Å². The van der Waals surface area contributed by atoms with Crippen molar-refractivity contribution in [1.82, 2.24) is 20.2 Å². The summed E-state index contributed by atoms with van der Waals surface area (Å²) in [5, 5.41) is 6.93. The monoisotopic (exact) mass is 503 g/mol. The van der Waals surface area contributed by atoms with Crippen molar-refractivity contribution < 1.29 is 0 Å². The van der Waals surface area contributed by atoms with Crippen LogP contribution in [0.4, 0.5) is 0 Å². The summed E-state index contributed by atoms with van der Waals surface area (Å²) in [6.45, 7) is 4.89. The lowest BCUT2D eigenvalue weighted by molar-refractivity contribution is 0.621. The Hall–Kier alpha value is -2.09. The van der Waals surface area contributed by atoms with Crippen molar-refractivity contribution in [2.75, 3.05) is 20.1 Å². The zero-order valence-corrected chi connectivity index (χ0v) is 19.5. The van der Waals surface area contributed by atoms with Crippen LogP contribution in [-0.4, -0.2) is 35.6 Å². The first-order valence-electron chi connectivity index (χ1n) is 10.2. The summed E-state index contributed by atoms with van der Waals surface area (Å²) in [7, 11) is 1.84. The maximum Gasteiger partial charge on any atom is 0.190 e. The van der Waals surface area contributed by atoms with E-state index in [2.05, 4.69) is 80.6 Å². The van der Waals surface area contributed by atoms with Gasteiger partial charge in [0, 0.05) is 26.7 Å². The fourth-order valence-corrected chi connectivity index (χ4v) is 3.95. The van der Waals surface area contributed by atoms with Gasteiger partial charge in [0.25, 0.3) is 0 Å². The predicted molar refractivity (Wildman–Crippen MR) is 131 cm³/mol. The molecule has 0 saturated heterocycles. The Morgan fingerprint density at radius 1 is 1.10 bits per heavy atom. The Labute approximate surface area is 190 Å². The fourth-order valence-electron chi connectivity index (χ4n) is 3.95. The van der Waals surface area contributed by atoms with Crippen LogP contribution in [0.2, 0.25) is 0 Å². The molecule has 29 heavy (non-hydrogen) atoms. The van der Waals surface area contributed by atoms with Crippen LogP contribution in [0.25, 0.3) is 11.0 Å². The normalized spacial score (nSPS) is 18.3. The van der Waals surface area contributed by atoms with E-state index in [1.54, 1.807) is 0 Å². The third-order valence-electron chi connectivity index (χ3n) is 5.60. The van der Waals surface area contributed by atoms with E-state index in [0.29, 0.717) is 11.8 Å². The number of guanidine groups is 1. The highest BCUT2D eigenvalue weighted by molar-refractivity contribution is 14.0. The molecule has 1 aliphatic rings. The van der Waals surface area contributed by atoms with E-state index in [-0.39, 0.29) is 24.0 Å². The third-order valence-corrected chi connectivity index (χ3v) is 5.60. The number of aromatic nitrogens is 2. The summed E-state index contributed by atoms with van der Waals surface area (Å²) >= 11 is 0. The topological polar surface area (TPSA) is 54.2 Å². The van der Waals surface area contributed by atoms with Crippen LogP contribution in [-0.2, 0) is 6.54 Å². The maximum absolute atomic E-state index is 4.64. The number of hydrogen-bond donors (Lipinski definition) is 2. The first kappa shape index (κ1) is 21.6. The summed E-state index contributed by atoms with van der Waals surface area (Å²) in [6.07, 6.45) is 2.29. The molecule has 1 aliphatic carbocycles. The van der Waals surface area contributed by atoms with E-state index in [0.717, 1.165) is 43.4 Å². The molecule has 0 aliphatic heterocycles. The zero-order chi connectivity index (χ0) is 19.3. The summed E-state index contributed by atoms with van der Waals surface area (Å²) in [6, 6.07) is 19.1. The molecule has 0 spiro atoms. The summed E-state index contributed by atoms with van der Waals surface area (Å²) < 4.78 is 2.29. The molecular formula is C23H30IN5. The molecule has 2 N–H and O–H groups in total. The Balaban J connectivity index is 0.00000240. The number of halogens is 1. The van der Waals surface area contributed by atoms with Crippen LogP contribution in [0.1, 0.15) is 30.1 Å². The number of nitrogens with one attached hydrogen (secondary N) is 2. The summed E-state index contributed by atoms with van der Waals surface area (Å²) in [5.74, 6) is 3.38. The Bertz CT molecular complexity index is 950. The molecule has 1 heterocycles. The lowest BCUT2D eigenvalue weighted by atomic mass is 10.1. The first-order chi connectivity index (χ1) is 13.8. The van der Waals surface area contributed by atoms with Gasteiger partial charge >= 0.3 is 0 Å². The Morgan fingerprint density at radius 2 is 1.86 bits per heavy atom. The van der Waals surface area contributed by atoms with E-state index < -0.39 is 0 Å². The first-order valence-corrected chi connectivity index (χ1v) is 10.2. The minimum atomic E-state index is 0. The number of hydrogen-bond acceptors (Lipinski definition) is 2. The highest BCUT2D eigenvalue weighted by atomic mass is 127. The van der Waals surface area contributed by atoms with E-state index >= 15 is 0 Å². The molecule has 0 radical (unpaired) electrons. The van der Waals surface area contributed by atoms with Crippen LogP contribution in [0, 0.1) is 12.8 Å². The summed E-state index contributed by atoms with van der Waals surface area (Å²) in [4.78, 5) is 9.00. The van der Waals surface area contributed by atoms with Crippen molar-refractivity contribution in [3.8, 4) is 0 Å². The molecular weight excluding hydrogens is 473 g/mol. The van der Waals surface area contributed by atoms with Gasteiger partial charge in [-0.15, -0.1) is 24.0 Å². The van der Waals surface area contributed by atoms with E-state index in [4.69, 9.17) is 0 Å². The minimum absolute atomic E-state index is 0. The van der Waals surface area contributed by atoms with Crippen LogP contribution < -0.4 is 10.6 Å². The second-order valence-electron chi connectivity index (χ2n) is 7.55. The van der Waals surface area contributed by atoms with Gasteiger partial charge in [-0.3, -0.25) is 4.99 Å². The molecule has 2 atom stereocenters. The van der Waals surface area contributed by atoms with Gasteiger partial charge in [-0.05, 0) is 49.3 Å². The predicted octanol–water partition coefficient (Wildman–Crippen LogP) is 4.32. The van der Waals surface area contributed by atoms with Crippen LogP contribution in [0.15, 0.2) is 59.6 Å². The molecule has 154 valence electrons. The standard InChI is InChI=1S/C23H29N5.HI/c1-17-27-21-11-6-7-12-22(21)28(17)14-8-13-25-23(24-2)26-16-19-15-20(19)18-9-4-3-5-10-18;/h3-7,9-12,19-20H,8,13-16H2,1-2H3,(H2,24,25,26);1H. The maximum atomic E-state index is 4.64. The van der Waals surface area contributed by atoms with Crippen LogP contribution in [0.3, 0.4) is 0 Å². The average Bonchev–Trinajstić information content (AvgIpc) is 3.44. The molecule has 1 aromatic heterocycles. The highest BCUT2D eigenvalue weighted by Gasteiger charge is 2.37. The Morgan fingerprint density at radius 3 is 2.66 bits per heavy atom. The molecule has 1 saturated carbocycles. The van der Waals surface area contributed by atoms with Crippen molar-refractivity contribution in [2.45, 2.75) is 32.2 Å². The molecule has 2 unspecified atom stereocenters. The average molecular weight is 503 g/mol. The third kappa shape index (κ3) is 5.29. The SMILES string of the molecule is CN=C(NCCCn1c(C)nc2ccccc21)NCC1CC1c1ccccc1.I. The van der Waals surface area contributed by atoms with Crippen LogP contribution >= 0.6 is 24.0 Å². The lowest BCUT2D eigenvalue weighted by Crippen LogP contribution is -2.39. The van der Waals surface area contributed by atoms with Crippen molar-refractivity contribution >= 4 is 41.0 Å². The van der Waals surface area contributed by atoms with E-state index in [1.807, 2.05) is 13.1 Å². The summed E-state index contributed by atoms with van der Waals surface area (Å²) in [5.41, 5.74) is 3.74. The number of aliphatic imine (C=N–C) groups is 1. The van der Waals surface area contributed by atoms with Gasteiger partial charge in [0.2, 0.25) is 0 Å². The smallest absolute Gasteiger partial charge is 0.190 e. The largest absolute Gasteiger partial charge is 0.356 e. The van der Waals surface area contributed by atoms with Gasteiger partial charge in [0.05, 0.1) is 11.0 Å². The van der Waals surface area contributed by atoms with Crippen molar-refractivity contribution in [1.29, 1.82) is 0 Å². The molecule has 6 heteroatoms. The second kappa shape index (κ2) is 10.1. The van der Waals surface area contributed by atoms with Crippen LogP contribution in [0.5, 0.6) is 0 Å². The molecule has 4 rings (SSSR count). The number of aryl methyl sites for hydroxylation is 2. The van der Waals surface area contributed by atoms with Gasteiger partial charge < -0.3 is 15.2 Å². The Kier molecular flexibility index (Phi) is 7.52. The molecule has 0 amide bonds. The van der Waals surface area contributed by atoms with E-state index in [1.165, 1.54) is 17.5 Å². The molecule has 0 bridgehead atoms. The van der Waals surface area contributed by atoms with E-state index in [9.17, 15) is 0 Å². The number of rotatable bonds is 7. The van der Waals surface area contributed by atoms with Crippen molar-refractivity contribution in [3.63, 3.8) is 0 Å². The van der Waals surface area contributed by atoms with Crippen molar-refractivity contribution in [2.24, 2.45) is 10.9 Å². The molecule has 5 nitrogen and oxygen atoms in total. The number of imidazole rings is 1. The molecule has 3 aromatic rings. The zero-order valence-electron chi connectivity index (χ0n) is 17.1. The molecule has 1 fully saturated rings. The fraction of sp³-hybridized carbons (Fsp3) is 0.391. The minimum Gasteiger partial charge on any atom is -0.356 e. The van der Waals surface area contributed by atoms with Gasteiger partial charge in [-0.1, -0.05) is 42.5 Å². The highest BCUT2D eigenvalue weighted by Crippen LogP contribution is 2.46. The number of para-hydroxylation sites is 2. The number of benzene rings is 2. The second-order valence-corrected chi connectivity index (χ2v) is 7.55. The molecule has 2 aromatic carbocycles. The van der Waals surface area contributed by atoms with Crippen molar-refractivity contribution in [3.05, 3.63) is 66.0 Å². The quantitative estimate of drug-likeness (QED) is 0.219. The number of fused-ring (bicyclic) bond motifs is 1. The van der Waals surface area contributed by atoms with Gasteiger partial charge in [0.15, 0.2) is 5.96 Å².